The van der Waals surface area contributed by atoms with Crippen LogP contribution in [0.1, 0.15) is 42.5 Å². The second-order valence-electron chi connectivity index (χ2n) is 9.20. The highest BCUT2D eigenvalue weighted by Gasteiger charge is 2.45. The first-order chi connectivity index (χ1) is 16.3. The standard InChI is InChI=1S/C26H29N3O5/c1-5-16-17-11-15(33-10-9-28(3)4)7-8-21(17)27-23-18(16)13-29-22(23)12-20-19(24(29)30)14-34-25(31)26(20,32)6-2/h7-8,11-12,32H,5-6,9-10,13-14H2,1-4H3. The van der Waals surface area contributed by atoms with Crippen molar-refractivity contribution in [3.05, 3.63) is 56.9 Å². The molecule has 0 spiro atoms. The highest BCUT2D eigenvalue weighted by atomic mass is 16.6. The number of hydrogen-bond acceptors (Lipinski definition) is 7. The van der Waals surface area contributed by atoms with E-state index < -0.39 is 11.6 Å². The molecule has 5 rings (SSSR count). The van der Waals surface area contributed by atoms with Gasteiger partial charge in [-0.1, -0.05) is 13.8 Å². The molecule has 178 valence electrons. The molecule has 8 heteroatoms. The molecule has 1 aromatic carbocycles. The number of ether oxygens (including phenoxy) is 2. The second-order valence-corrected chi connectivity index (χ2v) is 9.20. The van der Waals surface area contributed by atoms with Gasteiger partial charge in [0.05, 0.1) is 29.0 Å². The van der Waals surface area contributed by atoms with Crippen molar-refractivity contribution in [3.63, 3.8) is 0 Å². The normalized spacial score (nSPS) is 18.6. The highest BCUT2D eigenvalue weighted by Crippen LogP contribution is 2.40. The lowest BCUT2D eigenvalue weighted by Gasteiger charge is -2.31. The fraction of sp³-hybridized carbons (Fsp3) is 0.423. The minimum atomic E-state index is -1.83. The Balaban J connectivity index is 1.65. The number of fused-ring (bicyclic) bond motifs is 5. The van der Waals surface area contributed by atoms with Gasteiger partial charge in [0.1, 0.15) is 19.0 Å². The molecule has 1 unspecified atom stereocenters. The molecular weight excluding hydrogens is 434 g/mol. The number of esters is 1. The average molecular weight is 464 g/mol. The maximum absolute atomic E-state index is 13.4. The second kappa shape index (κ2) is 8.21. The molecule has 4 heterocycles. The zero-order valence-electron chi connectivity index (χ0n) is 20.0. The Labute approximate surface area is 197 Å². The van der Waals surface area contributed by atoms with Gasteiger partial charge in [-0.2, -0.15) is 0 Å². The SMILES string of the molecule is CCc1c2c(nc3ccc(OCCN(C)C)cc13)-c1cc3c(c(=O)n1C2)COC(=O)C3(O)CC. The summed E-state index contributed by atoms with van der Waals surface area (Å²) in [5.41, 5.74) is 2.88. The van der Waals surface area contributed by atoms with Gasteiger partial charge in [-0.15, -0.1) is 0 Å². The number of likely N-dealkylation sites (N-methyl/N-ethyl adjacent to an activating group) is 1. The Kier molecular flexibility index (Phi) is 5.45. The predicted octanol–water partition coefficient (Wildman–Crippen LogP) is 2.58. The molecular formula is C26H29N3O5. The molecule has 0 saturated carbocycles. The number of pyridine rings is 2. The topological polar surface area (TPSA) is 93.9 Å². The van der Waals surface area contributed by atoms with Crippen LogP contribution in [0.2, 0.25) is 0 Å². The summed E-state index contributed by atoms with van der Waals surface area (Å²) in [4.78, 5) is 32.8. The largest absolute Gasteiger partial charge is 0.492 e. The fourth-order valence-corrected chi connectivity index (χ4v) is 4.98. The van der Waals surface area contributed by atoms with Crippen molar-refractivity contribution in [2.24, 2.45) is 0 Å². The molecule has 0 fully saturated rings. The van der Waals surface area contributed by atoms with Crippen molar-refractivity contribution in [1.29, 1.82) is 0 Å². The molecule has 0 amide bonds. The molecule has 8 nitrogen and oxygen atoms in total. The van der Waals surface area contributed by atoms with Crippen molar-refractivity contribution in [2.75, 3.05) is 27.2 Å². The highest BCUT2D eigenvalue weighted by molar-refractivity contribution is 5.90. The van der Waals surface area contributed by atoms with Gasteiger partial charge in [-0.05, 0) is 56.8 Å². The zero-order chi connectivity index (χ0) is 24.2. The van der Waals surface area contributed by atoms with E-state index in [0.29, 0.717) is 30.0 Å². The van der Waals surface area contributed by atoms with E-state index in [1.165, 1.54) is 0 Å². The Bertz CT molecular complexity index is 1380. The van der Waals surface area contributed by atoms with Gasteiger partial charge in [-0.25, -0.2) is 9.78 Å². The molecule has 1 N–H and O–H groups in total. The minimum absolute atomic E-state index is 0.122. The summed E-state index contributed by atoms with van der Waals surface area (Å²) in [5, 5.41) is 12.1. The van der Waals surface area contributed by atoms with Crippen LogP contribution in [-0.2, 0) is 34.7 Å². The number of aryl methyl sites for hydroxylation is 1. The van der Waals surface area contributed by atoms with Crippen LogP contribution < -0.4 is 10.3 Å². The number of carbonyl (C=O) groups is 1. The molecule has 1 atom stereocenters. The lowest BCUT2D eigenvalue weighted by atomic mass is 9.86. The first-order valence-electron chi connectivity index (χ1n) is 11.7. The van der Waals surface area contributed by atoms with E-state index in [0.717, 1.165) is 46.4 Å². The quantitative estimate of drug-likeness (QED) is 0.439. The maximum atomic E-state index is 13.4. The molecule has 0 radical (unpaired) electrons. The summed E-state index contributed by atoms with van der Waals surface area (Å²) in [6.45, 7) is 5.47. The number of aliphatic hydroxyl groups is 1. The smallest absolute Gasteiger partial charge is 0.343 e. The van der Waals surface area contributed by atoms with E-state index in [1.807, 2.05) is 32.3 Å². The molecule has 0 aliphatic carbocycles. The Hall–Kier alpha value is -3.23. The van der Waals surface area contributed by atoms with Crippen LogP contribution in [0.15, 0.2) is 29.1 Å². The summed E-state index contributed by atoms with van der Waals surface area (Å²) in [7, 11) is 4.01. The van der Waals surface area contributed by atoms with Crippen LogP contribution in [0, 0.1) is 0 Å². The number of benzene rings is 1. The van der Waals surface area contributed by atoms with Crippen LogP contribution in [-0.4, -0.2) is 52.8 Å². The molecule has 3 aromatic rings. The van der Waals surface area contributed by atoms with E-state index in [9.17, 15) is 14.7 Å². The van der Waals surface area contributed by atoms with Crippen LogP contribution in [0.4, 0.5) is 0 Å². The molecule has 34 heavy (non-hydrogen) atoms. The molecule has 0 saturated heterocycles. The van der Waals surface area contributed by atoms with E-state index in [4.69, 9.17) is 14.5 Å². The van der Waals surface area contributed by atoms with E-state index in [1.54, 1.807) is 17.6 Å². The number of nitrogens with zero attached hydrogens (tertiary/aromatic N) is 3. The third-order valence-electron chi connectivity index (χ3n) is 6.94. The van der Waals surface area contributed by atoms with Gasteiger partial charge in [0.25, 0.3) is 5.56 Å². The summed E-state index contributed by atoms with van der Waals surface area (Å²) >= 11 is 0. The number of rotatable bonds is 6. The van der Waals surface area contributed by atoms with Crippen molar-refractivity contribution in [3.8, 4) is 17.1 Å². The molecule has 2 aliphatic rings. The zero-order valence-corrected chi connectivity index (χ0v) is 20.0. The van der Waals surface area contributed by atoms with E-state index in [2.05, 4.69) is 11.8 Å². The molecule has 2 aromatic heterocycles. The third-order valence-corrected chi connectivity index (χ3v) is 6.94. The summed E-state index contributed by atoms with van der Waals surface area (Å²) in [6.07, 6.45) is 0.891. The van der Waals surface area contributed by atoms with Crippen molar-refractivity contribution >= 4 is 16.9 Å². The Morgan fingerprint density at radius 2 is 2.00 bits per heavy atom. The maximum Gasteiger partial charge on any atom is 0.343 e. The fourth-order valence-electron chi connectivity index (χ4n) is 4.98. The number of cyclic esters (lactones) is 1. The van der Waals surface area contributed by atoms with Gasteiger partial charge in [-0.3, -0.25) is 4.79 Å². The summed E-state index contributed by atoms with van der Waals surface area (Å²) < 4.78 is 12.8. The lowest BCUT2D eigenvalue weighted by Crippen LogP contribution is -2.44. The van der Waals surface area contributed by atoms with E-state index >= 15 is 0 Å². The number of aromatic nitrogens is 2. The van der Waals surface area contributed by atoms with Crippen molar-refractivity contribution in [2.45, 2.75) is 45.4 Å². The van der Waals surface area contributed by atoms with Gasteiger partial charge >= 0.3 is 5.97 Å². The van der Waals surface area contributed by atoms with Crippen molar-refractivity contribution < 1.29 is 19.4 Å². The third kappa shape index (κ3) is 3.32. The molecule has 0 bridgehead atoms. The Morgan fingerprint density at radius 3 is 2.71 bits per heavy atom. The van der Waals surface area contributed by atoms with Crippen LogP contribution in [0.3, 0.4) is 0 Å². The van der Waals surface area contributed by atoms with Crippen LogP contribution >= 0.6 is 0 Å². The van der Waals surface area contributed by atoms with Gasteiger partial charge in [0, 0.05) is 23.1 Å². The minimum Gasteiger partial charge on any atom is -0.492 e. The first kappa shape index (κ1) is 22.6. The Morgan fingerprint density at radius 1 is 1.21 bits per heavy atom. The predicted molar refractivity (Wildman–Crippen MR) is 128 cm³/mol. The number of hydrogen-bond donors (Lipinski definition) is 1. The summed E-state index contributed by atoms with van der Waals surface area (Å²) in [6, 6.07) is 7.63. The van der Waals surface area contributed by atoms with Crippen molar-refractivity contribution in [1.82, 2.24) is 14.5 Å². The lowest BCUT2D eigenvalue weighted by molar-refractivity contribution is -0.172. The molecule has 2 aliphatic heterocycles. The first-order valence-corrected chi connectivity index (χ1v) is 11.7. The van der Waals surface area contributed by atoms with E-state index in [-0.39, 0.29) is 18.6 Å². The van der Waals surface area contributed by atoms with Crippen LogP contribution in [0.5, 0.6) is 5.75 Å². The summed E-state index contributed by atoms with van der Waals surface area (Å²) in [5.74, 6) is 0.0743. The average Bonchev–Trinajstić information content (AvgIpc) is 3.18. The van der Waals surface area contributed by atoms with Gasteiger partial charge in [0.15, 0.2) is 5.60 Å². The monoisotopic (exact) mass is 463 g/mol. The van der Waals surface area contributed by atoms with Gasteiger partial charge < -0.3 is 24.0 Å². The van der Waals surface area contributed by atoms with Crippen LogP contribution in [0.25, 0.3) is 22.3 Å². The number of carbonyl (C=O) groups excluding carboxylic acids is 1. The van der Waals surface area contributed by atoms with Gasteiger partial charge in [0.2, 0.25) is 0 Å².